The van der Waals surface area contributed by atoms with Crippen molar-refractivity contribution in [1.82, 2.24) is 9.62 Å². The van der Waals surface area contributed by atoms with Crippen LogP contribution in [0.25, 0.3) is 0 Å². The van der Waals surface area contributed by atoms with Crippen LogP contribution in [0.15, 0.2) is 59.5 Å². The number of nitro groups is 1. The Morgan fingerprint density at radius 1 is 1.16 bits per heavy atom. The topological polar surface area (TPSA) is 110 Å². The van der Waals surface area contributed by atoms with Gasteiger partial charge >= 0.3 is 0 Å². The third-order valence-corrected chi connectivity index (χ3v) is 7.44. The van der Waals surface area contributed by atoms with Crippen molar-refractivity contribution < 1.29 is 18.1 Å². The summed E-state index contributed by atoms with van der Waals surface area (Å²) in [7, 11) is -3.81. The predicted octanol–water partition coefficient (Wildman–Crippen LogP) is 4.00. The minimum absolute atomic E-state index is 0.0331. The third-order valence-electron chi connectivity index (χ3n) is 5.18. The molecule has 0 saturated carbocycles. The number of nitrogens with one attached hydrogen (secondary N) is 1. The van der Waals surface area contributed by atoms with E-state index in [4.69, 9.17) is 0 Å². The first-order valence-corrected chi connectivity index (χ1v) is 13.3. The zero-order chi connectivity index (χ0) is 23.7. The Bertz CT molecular complexity index is 996. The maximum atomic E-state index is 13.1. The highest BCUT2D eigenvalue weighted by Crippen LogP contribution is 2.22. The second-order valence-electron chi connectivity index (χ2n) is 7.64. The molecule has 0 bridgehead atoms. The molecule has 0 heterocycles. The summed E-state index contributed by atoms with van der Waals surface area (Å²) in [6.45, 7) is 4.63. The number of nitro benzene ring substituents is 1. The summed E-state index contributed by atoms with van der Waals surface area (Å²) in [5.41, 5.74) is 0.893. The summed E-state index contributed by atoms with van der Waals surface area (Å²) in [5.74, 6) is -0.282. The molecule has 2 aromatic carbocycles. The molecule has 0 saturated heterocycles. The number of rotatable bonds is 12. The van der Waals surface area contributed by atoms with Crippen LogP contribution in [0.5, 0.6) is 0 Å². The van der Waals surface area contributed by atoms with Crippen molar-refractivity contribution in [2.75, 3.05) is 17.6 Å². The molecule has 1 N–H and O–H groups in total. The molecule has 32 heavy (non-hydrogen) atoms. The van der Waals surface area contributed by atoms with E-state index < -0.39 is 14.9 Å². The smallest absolute Gasteiger partial charge is 0.269 e. The van der Waals surface area contributed by atoms with Crippen molar-refractivity contribution in [3.8, 4) is 0 Å². The first-order valence-electron chi connectivity index (χ1n) is 10.3. The molecular formula is C22H28IN3O5S. The Labute approximate surface area is 202 Å². The SMILES string of the molecule is CCN(CI)C(=O)[C@@H](Cc1ccccc1)C[C@H](C)CNS(=O)(=O)c1ccc([N+](=O)[O-])cc1. The third kappa shape index (κ3) is 7.52. The largest absolute Gasteiger partial charge is 0.334 e. The van der Waals surface area contributed by atoms with Gasteiger partial charge in [0.2, 0.25) is 15.9 Å². The van der Waals surface area contributed by atoms with Crippen LogP contribution < -0.4 is 4.72 Å². The summed E-state index contributed by atoms with van der Waals surface area (Å²) in [6, 6.07) is 14.5. The molecule has 2 rings (SSSR count). The normalized spacial score (nSPS) is 13.3. The lowest BCUT2D eigenvalue weighted by atomic mass is 9.89. The van der Waals surface area contributed by atoms with E-state index in [0.717, 1.165) is 17.7 Å². The summed E-state index contributed by atoms with van der Waals surface area (Å²) < 4.78 is 28.3. The maximum absolute atomic E-state index is 13.1. The molecule has 0 spiro atoms. The van der Waals surface area contributed by atoms with Crippen molar-refractivity contribution in [3.05, 3.63) is 70.3 Å². The molecule has 0 radical (unpaired) electrons. The second-order valence-corrected chi connectivity index (χ2v) is 10.1. The van der Waals surface area contributed by atoms with Crippen molar-refractivity contribution in [3.63, 3.8) is 0 Å². The molecule has 174 valence electrons. The number of non-ortho nitro benzene ring substituents is 1. The zero-order valence-electron chi connectivity index (χ0n) is 18.1. The fraction of sp³-hybridized carbons (Fsp3) is 0.409. The van der Waals surface area contributed by atoms with Gasteiger partial charge in [0.25, 0.3) is 5.69 Å². The van der Waals surface area contributed by atoms with E-state index in [-0.39, 0.29) is 34.9 Å². The van der Waals surface area contributed by atoms with Crippen molar-refractivity contribution >= 4 is 44.2 Å². The van der Waals surface area contributed by atoms with Crippen LogP contribution >= 0.6 is 22.6 Å². The summed E-state index contributed by atoms with van der Waals surface area (Å²) >= 11 is 2.17. The number of carbonyl (C=O) groups excluding carboxylic acids is 1. The minimum Gasteiger partial charge on any atom is -0.334 e. The molecule has 8 nitrogen and oxygen atoms in total. The van der Waals surface area contributed by atoms with Gasteiger partial charge in [0.1, 0.15) is 0 Å². The van der Waals surface area contributed by atoms with Gasteiger partial charge in [-0.1, -0.05) is 59.8 Å². The fourth-order valence-electron chi connectivity index (χ4n) is 3.38. The number of hydrogen-bond acceptors (Lipinski definition) is 5. The van der Waals surface area contributed by atoms with Crippen LogP contribution in [0.4, 0.5) is 5.69 Å². The van der Waals surface area contributed by atoms with Crippen LogP contribution in [-0.4, -0.2) is 41.8 Å². The Morgan fingerprint density at radius 3 is 2.31 bits per heavy atom. The number of amides is 1. The first kappa shape index (κ1) is 26.2. The van der Waals surface area contributed by atoms with Crippen LogP contribution in [0.1, 0.15) is 25.8 Å². The first-order chi connectivity index (χ1) is 15.2. The lowest BCUT2D eigenvalue weighted by molar-refractivity contribution is -0.384. The number of hydrogen-bond donors (Lipinski definition) is 1. The Balaban J connectivity index is 2.07. The maximum Gasteiger partial charge on any atom is 0.269 e. The molecule has 2 atom stereocenters. The van der Waals surface area contributed by atoms with E-state index in [1.54, 1.807) is 4.90 Å². The van der Waals surface area contributed by atoms with E-state index in [0.29, 0.717) is 23.9 Å². The zero-order valence-corrected chi connectivity index (χ0v) is 21.1. The Kier molecular flexibility index (Phi) is 10.0. The summed E-state index contributed by atoms with van der Waals surface area (Å²) in [4.78, 5) is 25.0. The van der Waals surface area contributed by atoms with Gasteiger partial charge in [-0.05, 0) is 43.4 Å². The quantitative estimate of drug-likeness (QED) is 0.136. The fourth-order valence-corrected chi connectivity index (χ4v) is 5.36. The summed E-state index contributed by atoms with van der Waals surface area (Å²) in [6.07, 6.45) is 1.12. The highest BCUT2D eigenvalue weighted by atomic mass is 127. The highest BCUT2D eigenvalue weighted by molar-refractivity contribution is 14.1. The number of carbonyl (C=O) groups is 1. The van der Waals surface area contributed by atoms with Crippen LogP contribution in [0.3, 0.4) is 0 Å². The molecule has 0 aliphatic rings. The van der Waals surface area contributed by atoms with Gasteiger partial charge in [-0.2, -0.15) is 0 Å². The Morgan fingerprint density at radius 2 is 1.78 bits per heavy atom. The molecule has 1 amide bonds. The van der Waals surface area contributed by atoms with Gasteiger partial charge in [0, 0.05) is 31.1 Å². The number of benzene rings is 2. The van der Waals surface area contributed by atoms with E-state index in [1.807, 2.05) is 44.2 Å². The van der Waals surface area contributed by atoms with Crippen molar-refractivity contribution in [2.45, 2.75) is 31.6 Å². The average molecular weight is 573 g/mol. The molecular weight excluding hydrogens is 545 g/mol. The van der Waals surface area contributed by atoms with Gasteiger partial charge in [0.05, 0.1) is 14.4 Å². The number of nitrogens with zero attached hydrogens (tertiary/aromatic N) is 2. The van der Waals surface area contributed by atoms with Gasteiger partial charge in [-0.25, -0.2) is 13.1 Å². The second kappa shape index (κ2) is 12.3. The lowest BCUT2D eigenvalue weighted by Crippen LogP contribution is -2.38. The summed E-state index contributed by atoms with van der Waals surface area (Å²) in [5, 5.41) is 10.8. The van der Waals surface area contributed by atoms with Gasteiger partial charge in [0.15, 0.2) is 0 Å². The van der Waals surface area contributed by atoms with Crippen molar-refractivity contribution in [1.29, 1.82) is 0 Å². The molecule has 0 aliphatic carbocycles. The van der Waals surface area contributed by atoms with E-state index in [2.05, 4.69) is 27.3 Å². The van der Waals surface area contributed by atoms with Crippen molar-refractivity contribution in [2.24, 2.45) is 11.8 Å². The van der Waals surface area contributed by atoms with Crippen LogP contribution in [0.2, 0.25) is 0 Å². The molecule has 0 unspecified atom stereocenters. The lowest BCUT2D eigenvalue weighted by Gasteiger charge is -2.27. The molecule has 10 heteroatoms. The van der Waals surface area contributed by atoms with Gasteiger partial charge < -0.3 is 4.90 Å². The standard InChI is InChI=1S/C22H28IN3O5S/c1-3-25(16-23)22(27)19(14-18-7-5-4-6-8-18)13-17(2)15-24-32(30,31)21-11-9-20(10-12-21)26(28)29/h4-12,17,19,24H,3,13-16H2,1-2H3/t17-,19+/m0/s1. The van der Waals surface area contributed by atoms with E-state index in [9.17, 15) is 23.3 Å². The molecule has 0 fully saturated rings. The van der Waals surface area contributed by atoms with Crippen LogP contribution in [0, 0.1) is 22.0 Å². The molecule has 0 aromatic heterocycles. The average Bonchev–Trinajstić information content (AvgIpc) is 2.79. The van der Waals surface area contributed by atoms with Gasteiger partial charge in [-0.15, -0.1) is 0 Å². The Hall–Kier alpha value is -2.05. The van der Waals surface area contributed by atoms with E-state index >= 15 is 0 Å². The minimum atomic E-state index is -3.81. The van der Waals surface area contributed by atoms with E-state index in [1.165, 1.54) is 12.1 Å². The monoisotopic (exact) mass is 573 g/mol. The highest BCUT2D eigenvalue weighted by Gasteiger charge is 2.26. The van der Waals surface area contributed by atoms with Crippen LogP contribution in [-0.2, 0) is 21.2 Å². The predicted molar refractivity (Wildman–Crippen MR) is 132 cm³/mol. The molecule has 0 aliphatic heterocycles. The van der Waals surface area contributed by atoms with Gasteiger partial charge in [-0.3, -0.25) is 14.9 Å². The number of alkyl halides is 1. The number of halogens is 1. The molecule has 2 aromatic rings. The number of sulfonamides is 1.